The Hall–Kier alpha value is -1.25. The molecular weight excluding hydrogens is 214 g/mol. The summed E-state index contributed by atoms with van der Waals surface area (Å²) in [4.78, 5) is 12.0. The molecule has 0 saturated heterocycles. The van der Waals surface area contributed by atoms with E-state index in [4.69, 9.17) is 4.74 Å². The molecule has 1 aromatic heterocycles. The summed E-state index contributed by atoms with van der Waals surface area (Å²) in [5.41, 5.74) is -0.00236. The quantitative estimate of drug-likeness (QED) is 0.650. The molecule has 0 N–H and O–H groups in total. The van der Waals surface area contributed by atoms with E-state index in [1.807, 2.05) is 19.2 Å². The third-order valence-electron chi connectivity index (χ3n) is 2.70. The largest absolute Gasteiger partial charge is 0.488 e. The van der Waals surface area contributed by atoms with Crippen molar-refractivity contribution in [3.05, 3.63) is 28.7 Å². The Kier molecular flexibility index (Phi) is 6.45. The van der Waals surface area contributed by atoms with E-state index in [1.54, 1.807) is 10.6 Å². The van der Waals surface area contributed by atoms with Crippen molar-refractivity contribution in [2.75, 3.05) is 6.61 Å². The molecule has 0 fully saturated rings. The Labute approximate surface area is 103 Å². The minimum absolute atomic E-state index is 0.00236. The van der Waals surface area contributed by atoms with Crippen LogP contribution in [0.4, 0.5) is 0 Å². The predicted molar refractivity (Wildman–Crippen MR) is 70.6 cm³/mol. The van der Waals surface area contributed by atoms with Crippen LogP contribution in [0.5, 0.6) is 5.75 Å². The Morgan fingerprint density at radius 1 is 1.18 bits per heavy atom. The molecule has 17 heavy (non-hydrogen) atoms. The van der Waals surface area contributed by atoms with Gasteiger partial charge in [0.15, 0.2) is 5.75 Å². The van der Waals surface area contributed by atoms with Crippen LogP contribution < -0.4 is 10.3 Å². The monoisotopic (exact) mass is 237 g/mol. The first-order valence-corrected chi connectivity index (χ1v) is 6.61. The van der Waals surface area contributed by atoms with E-state index < -0.39 is 0 Å². The molecule has 0 aliphatic carbocycles. The van der Waals surface area contributed by atoms with E-state index in [2.05, 4.69) is 6.92 Å². The highest BCUT2D eigenvalue weighted by molar-refractivity contribution is 5.17. The molecule has 1 rings (SSSR count). The Morgan fingerprint density at radius 3 is 2.71 bits per heavy atom. The van der Waals surface area contributed by atoms with Gasteiger partial charge in [-0.05, 0) is 25.0 Å². The smallest absolute Gasteiger partial charge is 0.292 e. The van der Waals surface area contributed by atoms with Gasteiger partial charge in [0.05, 0.1) is 6.61 Å². The van der Waals surface area contributed by atoms with Crippen molar-refractivity contribution < 1.29 is 4.74 Å². The van der Waals surface area contributed by atoms with Crippen LogP contribution in [0.1, 0.15) is 46.0 Å². The van der Waals surface area contributed by atoms with Crippen molar-refractivity contribution in [2.45, 2.75) is 52.5 Å². The van der Waals surface area contributed by atoms with Crippen LogP contribution in [0.25, 0.3) is 0 Å². The van der Waals surface area contributed by atoms with Crippen molar-refractivity contribution in [2.24, 2.45) is 0 Å². The van der Waals surface area contributed by atoms with Crippen LogP contribution in [0, 0.1) is 0 Å². The summed E-state index contributed by atoms with van der Waals surface area (Å²) in [6.45, 7) is 5.62. The van der Waals surface area contributed by atoms with Crippen LogP contribution in [-0.2, 0) is 6.54 Å². The molecule has 0 spiro atoms. The zero-order valence-electron chi connectivity index (χ0n) is 10.9. The van der Waals surface area contributed by atoms with E-state index in [1.165, 1.54) is 19.3 Å². The highest BCUT2D eigenvalue weighted by Crippen LogP contribution is 2.05. The Morgan fingerprint density at radius 2 is 2.00 bits per heavy atom. The van der Waals surface area contributed by atoms with Gasteiger partial charge in [0.1, 0.15) is 0 Å². The second-order valence-corrected chi connectivity index (χ2v) is 4.28. The van der Waals surface area contributed by atoms with Gasteiger partial charge in [-0.15, -0.1) is 0 Å². The number of ether oxygens (including phenoxy) is 1. The van der Waals surface area contributed by atoms with Crippen LogP contribution in [-0.4, -0.2) is 11.2 Å². The van der Waals surface area contributed by atoms with Gasteiger partial charge in [0.25, 0.3) is 5.56 Å². The second kappa shape index (κ2) is 7.93. The fourth-order valence-electron chi connectivity index (χ4n) is 1.72. The summed E-state index contributed by atoms with van der Waals surface area (Å²) in [6.07, 6.45) is 7.46. The van der Waals surface area contributed by atoms with Crippen LogP contribution in [0.15, 0.2) is 23.1 Å². The number of unbranched alkanes of at least 4 members (excludes halogenated alkanes) is 3. The lowest BCUT2D eigenvalue weighted by molar-refractivity contribution is 0.310. The van der Waals surface area contributed by atoms with Gasteiger partial charge in [-0.1, -0.05) is 33.1 Å². The number of aryl methyl sites for hydroxylation is 1. The lowest BCUT2D eigenvalue weighted by atomic mass is 10.2. The zero-order chi connectivity index (χ0) is 12.5. The van der Waals surface area contributed by atoms with Gasteiger partial charge in [-0.3, -0.25) is 4.79 Å². The number of rotatable bonds is 8. The maximum absolute atomic E-state index is 12.0. The summed E-state index contributed by atoms with van der Waals surface area (Å²) in [7, 11) is 0. The molecular formula is C14H23NO2. The highest BCUT2D eigenvalue weighted by Gasteiger charge is 2.03. The van der Waals surface area contributed by atoms with Gasteiger partial charge < -0.3 is 9.30 Å². The number of pyridine rings is 1. The topological polar surface area (TPSA) is 31.2 Å². The zero-order valence-corrected chi connectivity index (χ0v) is 10.9. The molecule has 0 unspecified atom stereocenters. The summed E-state index contributed by atoms with van der Waals surface area (Å²) in [6, 6.07) is 3.63. The van der Waals surface area contributed by atoms with Crippen LogP contribution in [0.3, 0.4) is 0 Å². The van der Waals surface area contributed by atoms with Gasteiger partial charge in [-0.25, -0.2) is 0 Å². The second-order valence-electron chi connectivity index (χ2n) is 4.28. The average Bonchev–Trinajstić information content (AvgIpc) is 2.35. The molecule has 1 aromatic rings. The van der Waals surface area contributed by atoms with Crippen molar-refractivity contribution in [3.63, 3.8) is 0 Å². The number of hydrogen-bond donors (Lipinski definition) is 0. The molecule has 3 heteroatoms. The summed E-state index contributed by atoms with van der Waals surface area (Å²) >= 11 is 0. The van der Waals surface area contributed by atoms with E-state index in [-0.39, 0.29) is 5.56 Å². The average molecular weight is 237 g/mol. The Balaban J connectivity index is 2.57. The SMILES string of the molecule is CCCCCCn1cccc(OCCC)c1=O. The lowest BCUT2D eigenvalue weighted by Crippen LogP contribution is -2.21. The van der Waals surface area contributed by atoms with Crippen molar-refractivity contribution in [1.82, 2.24) is 4.57 Å². The standard InChI is InChI=1S/C14H23NO2/c1-3-5-6-7-10-15-11-8-9-13(14(15)16)17-12-4-2/h8-9,11H,3-7,10,12H2,1-2H3. The maximum atomic E-state index is 12.0. The number of aromatic nitrogens is 1. The van der Waals surface area contributed by atoms with Gasteiger partial charge in [-0.2, -0.15) is 0 Å². The third-order valence-corrected chi connectivity index (χ3v) is 2.70. The maximum Gasteiger partial charge on any atom is 0.292 e. The van der Waals surface area contributed by atoms with E-state index in [0.29, 0.717) is 12.4 Å². The molecule has 0 aliphatic heterocycles. The number of hydrogen-bond acceptors (Lipinski definition) is 2. The first-order valence-electron chi connectivity index (χ1n) is 6.61. The molecule has 0 radical (unpaired) electrons. The van der Waals surface area contributed by atoms with E-state index >= 15 is 0 Å². The molecule has 0 aliphatic rings. The number of nitrogens with zero attached hydrogens (tertiary/aromatic N) is 1. The Bertz CT molecular complexity index is 371. The third kappa shape index (κ3) is 4.63. The fourth-order valence-corrected chi connectivity index (χ4v) is 1.72. The predicted octanol–water partition coefficient (Wildman–Crippen LogP) is 3.22. The van der Waals surface area contributed by atoms with Gasteiger partial charge >= 0.3 is 0 Å². The highest BCUT2D eigenvalue weighted by atomic mass is 16.5. The first-order chi connectivity index (χ1) is 8.29. The van der Waals surface area contributed by atoms with Crippen LogP contribution >= 0.6 is 0 Å². The molecule has 0 aromatic carbocycles. The molecule has 96 valence electrons. The van der Waals surface area contributed by atoms with Crippen molar-refractivity contribution >= 4 is 0 Å². The summed E-state index contributed by atoms with van der Waals surface area (Å²) < 4.78 is 7.17. The molecule has 3 nitrogen and oxygen atoms in total. The van der Waals surface area contributed by atoms with Crippen LogP contribution in [0.2, 0.25) is 0 Å². The lowest BCUT2D eigenvalue weighted by Gasteiger charge is -2.08. The van der Waals surface area contributed by atoms with Crippen molar-refractivity contribution in [1.29, 1.82) is 0 Å². The molecule has 1 heterocycles. The van der Waals surface area contributed by atoms with Gasteiger partial charge in [0.2, 0.25) is 0 Å². The van der Waals surface area contributed by atoms with E-state index in [9.17, 15) is 4.79 Å². The van der Waals surface area contributed by atoms with Crippen molar-refractivity contribution in [3.8, 4) is 5.75 Å². The fraction of sp³-hybridized carbons (Fsp3) is 0.643. The normalized spacial score (nSPS) is 10.5. The summed E-state index contributed by atoms with van der Waals surface area (Å²) in [5, 5.41) is 0. The summed E-state index contributed by atoms with van der Waals surface area (Å²) in [5.74, 6) is 0.477. The minimum Gasteiger partial charge on any atom is -0.488 e. The van der Waals surface area contributed by atoms with Gasteiger partial charge in [0, 0.05) is 12.7 Å². The molecule has 0 bridgehead atoms. The first kappa shape index (κ1) is 13.8. The molecule has 0 atom stereocenters. The molecule has 0 saturated carbocycles. The van der Waals surface area contributed by atoms with E-state index in [0.717, 1.165) is 19.4 Å². The molecule has 0 amide bonds. The minimum atomic E-state index is -0.00236.